The second-order valence-corrected chi connectivity index (χ2v) is 5.73. The minimum Gasteiger partial charge on any atom is -0.345 e. The standard InChI is InChI=1S/C18H15N3O/c19-12-14-11-16(17(22)13-5-2-1-3-6-13)21-10-8-15-7-4-9-20(15)18(14)21/h1-10,14,16,18H,11H2/t14-,16-,18-/m0/s1. The summed E-state index contributed by atoms with van der Waals surface area (Å²) in [6.45, 7) is 0. The zero-order valence-electron chi connectivity index (χ0n) is 12.0. The number of carbonyl (C=O) groups is 1. The van der Waals surface area contributed by atoms with Crippen molar-refractivity contribution in [2.24, 2.45) is 5.92 Å². The first-order chi connectivity index (χ1) is 10.8. The van der Waals surface area contributed by atoms with E-state index in [9.17, 15) is 10.1 Å². The first-order valence-electron chi connectivity index (χ1n) is 7.41. The summed E-state index contributed by atoms with van der Waals surface area (Å²) in [4.78, 5) is 14.9. The van der Waals surface area contributed by atoms with Crippen LogP contribution >= 0.6 is 0 Å². The molecule has 4 rings (SSSR count). The van der Waals surface area contributed by atoms with Crippen molar-refractivity contribution < 1.29 is 4.79 Å². The fourth-order valence-corrected chi connectivity index (χ4v) is 3.51. The van der Waals surface area contributed by atoms with E-state index in [-0.39, 0.29) is 23.9 Å². The quantitative estimate of drug-likeness (QED) is 0.798. The van der Waals surface area contributed by atoms with Gasteiger partial charge in [0.05, 0.1) is 18.0 Å². The van der Waals surface area contributed by atoms with Crippen LogP contribution in [0.3, 0.4) is 0 Å². The molecule has 1 aromatic carbocycles. The van der Waals surface area contributed by atoms with E-state index >= 15 is 0 Å². The molecule has 2 aliphatic rings. The van der Waals surface area contributed by atoms with E-state index in [4.69, 9.17) is 0 Å². The van der Waals surface area contributed by atoms with Gasteiger partial charge in [0.15, 0.2) is 5.78 Å². The minimum atomic E-state index is -0.274. The third kappa shape index (κ3) is 1.79. The topological polar surface area (TPSA) is 49.0 Å². The number of nitriles is 1. The second kappa shape index (κ2) is 4.88. The Kier molecular flexibility index (Phi) is 2.87. The summed E-state index contributed by atoms with van der Waals surface area (Å²) >= 11 is 0. The highest BCUT2D eigenvalue weighted by molar-refractivity contribution is 6.00. The Balaban J connectivity index is 1.72. The van der Waals surface area contributed by atoms with Crippen LogP contribution in [0.2, 0.25) is 0 Å². The van der Waals surface area contributed by atoms with Crippen LogP contribution < -0.4 is 0 Å². The first-order valence-corrected chi connectivity index (χ1v) is 7.41. The molecule has 3 atom stereocenters. The molecule has 0 N–H and O–H groups in total. The van der Waals surface area contributed by atoms with Crippen LogP contribution in [0.25, 0.3) is 6.08 Å². The number of nitrogens with zero attached hydrogens (tertiary/aromatic N) is 3. The highest BCUT2D eigenvalue weighted by Gasteiger charge is 2.45. The van der Waals surface area contributed by atoms with E-state index < -0.39 is 0 Å². The number of aromatic nitrogens is 1. The molecule has 108 valence electrons. The Morgan fingerprint density at radius 3 is 2.77 bits per heavy atom. The van der Waals surface area contributed by atoms with Crippen LogP contribution in [0.1, 0.15) is 28.6 Å². The van der Waals surface area contributed by atoms with Crippen LogP contribution in [0.4, 0.5) is 0 Å². The van der Waals surface area contributed by atoms with Crippen molar-refractivity contribution in [3.8, 4) is 6.07 Å². The summed E-state index contributed by atoms with van der Waals surface area (Å²) in [5, 5.41) is 9.51. The van der Waals surface area contributed by atoms with Gasteiger partial charge in [0.1, 0.15) is 6.17 Å². The summed E-state index contributed by atoms with van der Waals surface area (Å²) in [6.07, 6.45) is 6.43. The normalized spacial score (nSPS) is 25.4. The maximum Gasteiger partial charge on any atom is 0.185 e. The highest BCUT2D eigenvalue weighted by Crippen LogP contribution is 2.41. The molecular weight excluding hydrogens is 274 g/mol. The summed E-state index contributed by atoms with van der Waals surface area (Å²) in [5.41, 5.74) is 1.78. The molecule has 0 amide bonds. The summed E-state index contributed by atoms with van der Waals surface area (Å²) < 4.78 is 2.09. The maximum atomic E-state index is 12.8. The molecule has 22 heavy (non-hydrogen) atoms. The molecule has 1 fully saturated rings. The van der Waals surface area contributed by atoms with Gasteiger partial charge in [0, 0.05) is 23.7 Å². The molecule has 0 unspecified atom stereocenters. The van der Waals surface area contributed by atoms with E-state index in [1.165, 1.54) is 0 Å². The van der Waals surface area contributed by atoms with Gasteiger partial charge in [-0.25, -0.2) is 0 Å². The molecule has 4 heteroatoms. The Bertz CT molecular complexity index is 784. The van der Waals surface area contributed by atoms with Gasteiger partial charge in [-0.15, -0.1) is 0 Å². The van der Waals surface area contributed by atoms with Crippen LogP contribution in [0.15, 0.2) is 54.9 Å². The van der Waals surface area contributed by atoms with Gasteiger partial charge in [0.25, 0.3) is 0 Å². The Morgan fingerprint density at radius 1 is 1.18 bits per heavy atom. The van der Waals surface area contributed by atoms with Crippen molar-refractivity contribution in [3.63, 3.8) is 0 Å². The largest absolute Gasteiger partial charge is 0.345 e. The third-order valence-corrected chi connectivity index (χ3v) is 4.54. The number of carbonyl (C=O) groups excluding carboxylic acids is 1. The fraction of sp³-hybridized carbons (Fsp3) is 0.222. The van der Waals surface area contributed by atoms with Crippen molar-refractivity contribution in [3.05, 3.63) is 66.1 Å². The molecule has 1 saturated heterocycles. The van der Waals surface area contributed by atoms with Gasteiger partial charge in [-0.1, -0.05) is 30.3 Å². The van der Waals surface area contributed by atoms with Crippen LogP contribution in [0.5, 0.6) is 0 Å². The number of benzene rings is 1. The lowest BCUT2D eigenvalue weighted by molar-refractivity contribution is 0.0859. The molecule has 0 aliphatic carbocycles. The van der Waals surface area contributed by atoms with Crippen LogP contribution in [-0.4, -0.2) is 21.3 Å². The maximum absolute atomic E-state index is 12.8. The van der Waals surface area contributed by atoms with E-state index in [0.717, 1.165) is 5.69 Å². The van der Waals surface area contributed by atoms with Crippen molar-refractivity contribution in [2.45, 2.75) is 18.6 Å². The SMILES string of the molecule is N#C[C@@H]1C[C@@H](C(=O)c2ccccc2)N2C=Cc3cccn3[C@H]12. The lowest BCUT2D eigenvalue weighted by Gasteiger charge is -2.33. The zero-order valence-corrected chi connectivity index (χ0v) is 12.0. The van der Waals surface area contributed by atoms with E-state index in [1.54, 1.807) is 0 Å². The van der Waals surface area contributed by atoms with Crippen molar-refractivity contribution in [1.82, 2.24) is 9.47 Å². The average Bonchev–Trinajstić information content (AvgIpc) is 3.18. The molecule has 0 radical (unpaired) electrons. The van der Waals surface area contributed by atoms with Crippen molar-refractivity contribution in [1.29, 1.82) is 5.26 Å². The van der Waals surface area contributed by atoms with E-state index in [1.807, 2.05) is 65.8 Å². The number of hydrogen-bond acceptors (Lipinski definition) is 3. The fourth-order valence-electron chi connectivity index (χ4n) is 3.51. The number of Topliss-reactive ketones (excluding diaryl/α,β-unsaturated/α-hetero) is 1. The van der Waals surface area contributed by atoms with Crippen molar-refractivity contribution >= 4 is 11.9 Å². The Hall–Kier alpha value is -2.80. The molecule has 1 aromatic heterocycles. The summed E-state index contributed by atoms with van der Waals surface area (Å²) in [5.74, 6) is -0.0997. The average molecular weight is 289 g/mol. The van der Waals surface area contributed by atoms with Gasteiger partial charge in [0.2, 0.25) is 0 Å². The van der Waals surface area contributed by atoms with E-state index in [2.05, 4.69) is 10.6 Å². The molecule has 3 heterocycles. The van der Waals surface area contributed by atoms with Gasteiger partial charge in [-0.05, 0) is 24.6 Å². The predicted octanol–water partition coefficient (Wildman–Crippen LogP) is 3.07. The van der Waals surface area contributed by atoms with Crippen molar-refractivity contribution in [2.75, 3.05) is 0 Å². The third-order valence-electron chi connectivity index (χ3n) is 4.54. The first kappa shape index (κ1) is 12.9. The van der Waals surface area contributed by atoms with Gasteiger partial charge < -0.3 is 9.47 Å². The summed E-state index contributed by atoms with van der Waals surface area (Å²) in [6, 6.07) is 15.4. The van der Waals surface area contributed by atoms with Gasteiger partial charge in [-0.2, -0.15) is 5.26 Å². The number of fused-ring (bicyclic) bond motifs is 3. The number of rotatable bonds is 2. The van der Waals surface area contributed by atoms with Crippen LogP contribution in [0, 0.1) is 17.2 Å². The molecule has 4 nitrogen and oxygen atoms in total. The predicted molar refractivity (Wildman–Crippen MR) is 82.6 cm³/mol. The molecule has 0 saturated carbocycles. The van der Waals surface area contributed by atoms with Crippen LogP contribution in [-0.2, 0) is 0 Å². The second-order valence-electron chi connectivity index (χ2n) is 5.73. The van der Waals surface area contributed by atoms with Gasteiger partial charge >= 0.3 is 0 Å². The Morgan fingerprint density at radius 2 is 2.00 bits per heavy atom. The molecule has 0 bridgehead atoms. The smallest absolute Gasteiger partial charge is 0.185 e. The number of hydrogen-bond donors (Lipinski definition) is 0. The van der Waals surface area contributed by atoms with E-state index in [0.29, 0.717) is 12.0 Å². The molecular formula is C18H15N3O. The molecule has 2 aromatic rings. The molecule has 2 aliphatic heterocycles. The lowest BCUT2D eigenvalue weighted by Crippen LogP contribution is -2.37. The summed E-state index contributed by atoms with van der Waals surface area (Å²) in [7, 11) is 0. The Labute approximate surface area is 128 Å². The monoisotopic (exact) mass is 289 g/mol. The highest BCUT2D eigenvalue weighted by atomic mass is 16.1. The molecule has 0 spiro atoms. The zero-order chi connectivity index (χ0) is 15.1. The minimum absolute atomic E-state index is 0.0855. The number of ketones is 1. The van der Waals surface area contributed by atoms with Gasteiger partial charge in [-0.3, -0.25) is 4.79 Å². The lowest BCUT2D eigenvalue weighted by atomic mass is 9.99.